The fourth-order valence-corrected chi connectivity index (χ4v) is 5.14. The van der Waals surface area contributed by atoms with Crippen LogP contribution in [0.2, 0.25) is 0 Å². The van der Waals surface area contributed by atoms with Crippen LogP contribution in [0.3, 0.4) is 0 Å². The number of amides is 1. The van der Waals surface area contributed by atoms with E-state index in [0.29, 0.717) is 65.6 Å². The molecule has 1 aromatic carbocycles. The molecule has 0 bridgehead atoms. The zero-order valence-electron chi connectivity index (χ0n) is 21.5. The molecule has 1 aliphatic rings. The van der Waals surface area contributed by atoms with Gasteiger partial charge in [0.2, 0.25) is 5.91 Å². The molecule has 5 rings (SSSR count). The largest absolute Gasteiger partial charge is 0.385 e. The van der Waals surface area contributed by atoms with Crippen LogP contribution in [0.4, 0.5) is 19.0 Å². The highest BCUT2D eigenvalue weighted by Gasteiger charge is 2.38. The predicted octanol–water partition coefficient (Wildman–Crippen LogP) is 4.37. The topological polar surface area (TPSA) is 109 Å². The number of halogens is 3. The van der Waals surface area contributed by atoms with Gasteiger partial charge in [-0.25, -0.2) is 23.1 Å². The summed E-state index contributed by atoms with van der Waals surface area (Å²) in [5.74, 6) is 0.292. The molecule has 4 aromatic rings. The summed E-state index contributed by atoms with van der Waals surface area (Å²) in [4.78, 5) is 22.7. The average Bonchev–Trinajstić information content (AvgIpc) is 3.25. The SMILES string of the molecule is CC(=O)N1CCC(O)(c2cc3c(N[C@H](C)c4cccc(C(F)F)c4F)nc(C)nc3n3c(C)nnc23)CC1. The number of aromatic nitrogens is 5. The highest BCUT2D eigenvalue weighted by atomic mass is 19.3. The lowest BCUT2D eigenvalue weighted by molar-refractivity contribution is -0.133. The number of carbonyl (C=O) groups is 1. The Morgan fingerprint density at radius 2 is 1.79 bits per heavy atom. The quantitative estimate of drug-likeness (QED) is 0.397. The highest BCUT2D eigenvalue weighted by Crippen LogP contribution is 2.38. The number of hydrogen-bond donors (Lipinski definition) is 2. The van der Waals surface area contributed by atoms with E-state index in [4.69, 9.17) is 0 Å². The Kier molecular flexibility index (Phi) is 6.46. The van der Waals surface area contributed by atoms with Crippen molar-refractivity contribution in [1.82, 2.24) is 29.5 Å². The van der Waals surface area contributed by atoms with Crippen molar-refractivity contribution < 1.29 is 23.1 Å². The number of carbonyl (C=O) groups excluding carboxylic acids is 1. The molecule has 38 heavy (non-hydrogen) atoms. The second kappa shape index (κ2) is 9.50. The van der Waals surface area contributed by atoms with E-state index in [9.17, 15) is 23.1 Å². The maximum absolute atomic E-state index is 14.9. The Balaban J connectivity index is 1.64. The Labute approximate surface area is 216 Å². The number of hydrogen-bond acceptors (Lipinski definition) is 7. The molecule has 0 aliphatic carbocycles. The van der Waals surface area contributed by atoms with Gasteiger partial charge in [-0.1, -0.05) is 18.2 Å². The summed E-state index contributed by atoms with van der Waals surface area (Å²) in [6.45, 7) is 7.40. The van der Waals surface area contributed by atoms with Gasteiger partial charge in [0.05, 0.1) is 22.6 Å². The fourth-order valence-electron chi connectivity index (χ4n) is 5.14. The third kappa shape index (κ3) is 4.32. The number of piperidine rings is 1. The van der Waals surface area contributed by atoms with E-state index in [1.807, 2.05) is 0 Å². The van der Waals surface area contributed by atoms with Crippen LogP contribution in [0.1, 0.15) is 67.5 Å². The molecule has 1 saturated heterocycles. The van der Waals surface area contributed by atoms with Crippen molar-refractivity contribution in [1.29, 1.82) is 0 Å². The van der Waals surface area contributed by atoms with E-state index >= 15 is 0 Å². The summed E-state index contributed by atoms with van der Waals surface area (Å²) in [7, 11) is 0. The number of nitrogens with zero attached hydrogens (tertiary/aromatic N) is 6. The minimum Gasteiger partial charge on any atom is -0.385 e. The number of nitrogens with one attached hydrogen (secondary N) is 1. The number of benzene rings is 1. The molecular weight excluding hydrogens is 499 g/mol. The predicted molar refractivity (Wildman–Crippen MR) is 134 cm³/mol. The monoisotopic (exact) mass is 527 g/mol. The number of aryl methyl sites for hydroxylation is 2. The normalized spacial score (nSPS) is 16.4. The van der Waals surface area contributed by atoms with Crippen LogP contribution in [-0.2, 0) is 10.4 Å². The Morgan fingerprint density at radius 1 is 1.11 bits per heavy atom. The molecule has 1 atom stereocenters. The molecule has 0 saturated carbocycles. The standard InChI is InChI=1S/C26H28F3N7O2/c1-13(17-6-5-7-18(21(17)27)22(28)29)30-23-19-12-20(26(38)8-10-35(11-9-26)16(4)37)25-34-33-15(3)36(25)24(19)32-14(2)31-23/h5-7,12-13,22,38H,8-11H2,1-4H3,(H,30,31,32)/t13-/m1/s1. The molecule has 200 valence electrons. The van der Waals surface area contributed by atoms with E-state index in [1.165, 1.54) is 19.1 Å². The van der Waals surface area contributed by atoms with Gasteiger partial charge in [0.15, 0.2) is 11.3 Å². The van der Waals surface area contributed by atoms with E-state index in [1.54, 1.807) is 36.1 Å². The number of aliphatic hydroxyl groups is 1. The van der Waals surface area contributed by atoms with Crippen LogP contribution in [0.5, 0.6) is 0 Å². The maximum atomic E-state index is 14.9. The first-order valence-corrected chi connectivity index (χ1v) is 12.3. The first kappa shape index (κ1) is 25.8. The third-order valence-corrected chi connectivity index (χ3v) is 7.25. The van der Waals surface area contributed by atoms with Crippen molar-refractivity contribution in [3.8, 4) is 0 Å². The van der Waals surface area contributed by atoms with Crippen molar-refractivity contribution in [2.45, 2.75) is 58.6 Å². The van der Waals surface area contributed by atoms with Crippen molar-refractivity contribution in [3.63, 3.8) is 0 Å². The number of pyridine rings is 1. The summed E-state index contributed by atoms with van der Waals surface area (Å²) >= 11 is 0. The molecule has 4 heterocycles. The molecular formula is C26H28F3N7O2. The number of fused-ring (bicyclic) bond motifs is 3. The Bertz CT molecular complexity index is 1550. The highest BCUT2D eigenvalue weighted by molar-refractivity contribution is 5.90. The summed E-state index contributed by atoms with van der Waals surface area (Å²) in [6, 6.07) is 4.95. The Morgan fingerprint density at radius 3 is 2.45 bits per heavy atom. The van der Waals surface area contributed by atoms with Gasteiger partial charge in [-0.3, -0.25) is 9.20 Å². The van der Waals surface area contributed by atoms with Crippen molar-refractivity contribution >= 4 is 28.4 Å². The molecule has 1 aliphatic heterocycles. The molecule has 12 heteroatoms. The maximum Gasteiger partial charge on any atom is 0.266 e. The lowest BCUT2D eigenvalue weighted by atomic mass is 9.84. The first-order valence-electron chi connectivity index (χ1n) is 12.3. The lowest BCUT2D eigenvalue weighted by Gasteiger charge is -2.38. The second-order valence-electron chi connectivity index (χ2n) is 9.78. The zero-order chi connectivity index (χ0) is 27.4. The molecule has 2 N–H and O–H groups in total. The van der Waals surface area contributed by atoms with Gasteiger partial charge in [-0.2, -0.15) is 0 Å². The summed E-state index contributed by atoms with van der Waals surface area (Å²) in [6.07, 6.45) is -2.33. The molecule has 1 fully saturated rings. The number of alkyl halides is 2. The summed E-state index contributed by atoms with van der Waals surface area (Å²) < 4.78 is 43.2. The van der Waals surface area contributed by atoms with E-state index in [-0.39, 0.29) is 11.5 Å². The first-order chi connectivity index (χ1) is 18.0. The van der Waals surface area contributed by atoms with Gasteiger partial charge in [0.25, 0.3) is 6.43 Å². The summed E-state index contributed by atoms with van der Waals surface area (Å²) in [5, 5.41) is 24.0. The molecule has 3 aromatic heterocycles. The van der Waals surface area contributed by atoms with Gasteiger partial charge < -0.3 is 15.3 Å². The van der Waals surface area contributed by atoms with Crippen LogP contribution in [0.15, 0.2) is 24.3 Å². The molecule has 9 nitrogen and oxygen atoms in total. The van der Waals surface area contributed by atoms with Crippen LogP contribution < -0.4 is 5.32 Å². The smallest absolute Gasteiger partial charge is 0.266 e. The van der Waals surface area contributed by atoms with Gasteiger partial charge in [-0.05, 0) is 39.7 Å². The number of likely N-dealkylation sites (tertiary alicyclic amines) is 1. The van der Waals surface area contributed by atoms with Gasteiger partial charge in [0, 0.05) is 31.1 Å². The lowest BCUT2D eigenvalue weighted by Crippen LogP contribution is -2.44. The van der Waals surface area contributed by atoms with Gasteiger partial charge in [-0.15, -0.1) is 10.2 Å². The van der Waals surface area contributed by atoms with Crippen molar-refractivity contribution in [3.05, 3.63) is 58.4 Å². The van der Waals surface area contributed by atoms with E-state index < -0.39 is 29.4 Å². The minimum atomic E-state index is -2.94. The average molecular weight is 528 g/mol. The van der Waals surface area contributed by atoms with E-state index in [0.717, 1.165) is 6.07 Å². The third-order valence-electron chi connectivity index (χ3n) is 7.25. The molecule has 0 spiro atoms. The molecule has 0 radical (unpaired) electrons. The molecule has 0 unspecified atom stereocenters. The van der Waals surface area contributed by atoms with Crippen LogP contribution in [-0.4, -0.2) is 53.6 Å². The van der Waals surface area contributed by atoms with Crippen molar-refractivity contribution in [2.75, 3.05) is 18.4 Å². The second-order valence-corrected chi connectivity index (χ2v) is 9.78. The van der Waals surface area contributed by atoms with Crippen LogP contribution in [0, 0.1) is 19.7 Å². The molecule has 1 amide bonds. The van der Waals surface area contributed by atoms with E-state index in [2.05, 4.69) is 25.5 Å². The number of anilines is 1. The van der Waals surface area contributed by atoms with Gasteiger partial charge >= 0.3 is 0 Å². The zero-order valence-corrected chi connectivity index (χ0v) is 21.5. The van der Waals surface area contributed by atoms with Crippen molar-refractivity contribution in [2.24, 2.45) is 0 Å². The van der Waals surface area contributed by atoms with Crippen LogP contribution in [0.25, 0.3) is 16.7 Å². The number of rotatable bonds is 5. The van der Waals surface area contributed by atoms with Crippen LogP contribution >= 0.6 is 0 Å². The Hall–Kier alpha value is -3.80. The van der Waals surface area contributed by atoms with Gasteiger partial charge in [0.1, 0.15) is 23.3 Å². The minimum absolute atomic E-state index is 0.0541. The fraction of sp³-hybridized carbons (Fsp3) is 0.423. The summed E-state index contributed by atoms with van der Waals surface area (Å²) in [5.41, 5.74) is -0.427.